The first-order chi connectivity index (χ1) is 11.0. The third-order valence-corrected chi connectivity index (χ3v) is 6.34. The van der Waals surface area contributed by atoms with Crippen molar-refractivity contribution in [3.63, 3.8) is 0 Å². The van der Waals surface area contributed by atoms with Crippen molar-refractivity contribution in [1.29, 1.82) is 0 Å². The summed E-state index contributed by atoms with van der Waals surface area (Å²) in [4.78, 5) is 15.7. The van der Waals surface area contributed by atoms with Gasteiger partial charge in [-0.3, -0.25) is 0 Å². The van der Waals surface area contributed by atoms with E-state index in [1.165, 1.54) is 4.90 Å². The first-order valence-corrected chi connectivity index (χ1v) is 9.68. The topological polar surface area (TPSA) is 52.6 Å². The summed E-state index contributed by atoms with van der Waals surface area (Å²) in [6, 6.07) is 5.95. The molecule has 0 spiro atoms. The van der Waals surface area contributed by atoms with Gasteiger partial charge in [0.2, 0.25) is 0 Å². The minimum absolute atomic E-state index is 0.0426. The molecular weight excluding hydrogens is 308 g/mol. The maximum Gasteiger partial charge on any atom is 0.321 e. The van der Waals surface area contributed by atoms with Crippen LogP contribution >= 0.6 is 11.8 Å². The summed E-state index contributed by atoms with van der Waals surface area (Å²) in [5.41, 5.74) is 1.45. The lowest BCUT2D eigenvalue weighted by atomic mass is 9.71. The average Bonchev–Trinajstić information content (AvgIpc) is 2.55. The Morgan fingerprint density at radius 2 is 2.22 bits per heavy atom. The van der Waals surface area contributed by atoms with Crippen molar-refractivity contribution in [2.24, 2.45) is 5.92 Å². The SMILES string of the molecule is CSc1cccc(NC(=O)N2CC[C@@]3(O)CCCC[C@H]3C2)c1C. The molecule has 1 aliphatic heterocycles. The van der Waals surface area contributed by atoms with Crippen LogP contribution in [0, 0.1) is 12.8 Å². The summed E-state index contributed by atoms with van der Waals surface area (Å²) in [6.07, 6.45) is 6.94. The van der Waals surface area contributed by atoms with Gasteiger partial charge >= 0.3 is 6.03 Å². The molecule has 3 rings (SSSR count). The summed E-state index contributed by atoms with van der Waals surface area (Å²) in [6.45, 7) is 3.35. The van der Waals surface area contributed by atoms with Crippen LogP contribution in [0.25, 0.3) is 0 Å². The molecule has 2 N–H and O–H groups in total. The molecule has 1 aromatic rings. The first-order valence-electron chi connectivity index (χ1n) is 8.45. The molecule has 1 heterocycles. The number of nitrogens with one attached hydrogen (secondary N) is 1. The minimum atomic E-state index is -0.538. The molecule has 0 bridgehead atoms. The number of aliphatic hydroxyl groups is 1. The number of urea groups is 1. The van der Waals surface area contributed by atoms with Gasteiger partial charge < -0.3 is 15.3 Å². The molecule has 1 aromatic carbocycles. The van der Waals surface area contributed by atoms with Crippen LogP contribution in [0.2, 0.25) is 0 Å². The number of anilines is 1. The predicted octanol–water partition coefficient (Wildman–Crippen LogP) is 3.88. The number of carbonyl (C=O) groups excluding carboxylic acids is 1. The number of likely N-dealkylation sites (tertiary alicyclic amines) is 1. The van der Waals surface area contributed by atoms with Crippen molar-refractivity contribution < 1.29 is 9.90 Å². The predicted molar refractivity (Wildman–Crippen MR) is 95.1 cm³/mol. The molecule has 1 aliphatic carbocycles. The van der Waals surface area contributed by atoms with E-state index in [2.05, 4.69) is 11.4 Å². The van der Waals surface area contributed by atoms with Crippen LogP contribution in [0.15, 0.2) is 23.1 Å². The largest absolute Gasteiger partial charge is 0.389 e. The fourth-order valence-electron chi connectivity index (χ4n) is 3.92. The highest BCUT2D eigenvalue weighted by molar-refractivity contribution is 7.98. The fraction of sp³-hybridized carbons (Fsp3) is 0.611. The van der Waals surface area contributed by atoms with E-state index in [1.54, 1.807) is 11.8 Å². The summed E-state index contributed by atoms with van der Waals surface area (Å²) >= 11 is 1.69. The Kier molecular flexibility index (Phi) is 4.87. The van der Waals surface area contributed by atoms with Crippen molar-refractivity contribution >= 4 is 23.5 Å². The van der Waals surface area contributed by atoms with E-state index < -0.39 is 5.60 Å². The molecule has 2 aliphatic rings. The zero-order chi connectivity index (χ0) is 16.4. The summed E-state index contributed by atoms with van der Waals surface area (Å²) in [5.74, 6) is 0.231. The number of hydrogen-bond donors (Lipinski definition) is 2. The summed E-state index contributed by atoms with van der Waals surface area (Å²) in [7, 11) is 0. The van der Waals surface area contributed by atoms with E-state index in [9.17, 15) is 9.90 Å². The standard InChI is InChI=1S/C18H26N2O2S/c1-13-15(7-5-8-16(13)23-2)19-17(21)20-11-10-18(22)9-4-3-6-14(18)12-20/h5,7-8,14,22H,3-4,6,9-12H2,1-2H3,(H,19,21)/t14-,18-/m0/s1. The van der Waals surface area contributed by atoms with Crippen LogP contribution in [-0.4, -0.2) is 41.0 Å². The highest BCUT2D eigenvalue weighted by Gasteiger charge is 2.43. The van der Waals surface area contributed by atoms with Gasteiger partial charge in [0.25, 0.3) is 0 Å². The third kappa shape index (κ3) is 3.36. The van der Waals surface area contributed by atoms with Gasteiger partial charge in [-0.25, -0.2) is 4.79 Å². The van der Waals surface area contributed by atoms with E-state index in [-0.39, 0.29) is 11.9 Å². The molecule has 0 unspecified atom stereocenters. The van der Waals surface area contributed by atoms with Gasteiger partial charge in [0.1, 0.15) is 0 Å². The number of hydrogen-bond acceptors (Lipinski definition) is 3. The Hall–Kier alpha value is -1.20. The fourth-order valence-corrected chi connectivity index (χ4v) is 4.55. The number of nitrogens with zero attached hydrogens (tertiary/aromatic N) is 1. The summed E-state index contributed by atoms with van der Waals surface area (Å²) in [5, 5.41) is 13.8. The lowest BCUT2D eigenvalue weighted by molar-refractivity contribution is -0.0863. The van der Waals surface area contributed by atoms with Crippen molar-refractivity contribution in [3.05, 3.63) is 23.8 Å². The number of amides is 2. The van der Waals surface area contributed by atoms with Gasteiger partial charge in [0, 0.05) is 29.6 Å². The molecule has 5 heteroatoms. The van der Waals surface area contributed by atoms with E-state index in [0.717, 1.165) is 36.9 Å². The monoisotopic (exact) mass is 334 g/mol. The lowest BCUT2D eigenvalue weighted by Crippen LogP contribution is -2.55. The third-order valence-electron chi connectivity index (χ3n) is 5.46. The van der Waals surface area contributed by atoms with Crippen LogP contribution in [0.3, 0.4) is 0 Å². The maximum absolute atomic E-state index is 12.6. The molecule has 2 atom stereocenters. The molecular formula is C18H26N2O2S. The number of benzene rings is 1. The maximum atomic E-state index is 12.6. The van der Waals surface area contributed by atoms with Gasteiger partial charge in [-0.15, -0.1) is 11.8 Å². The van der Waals surface area contributed by atoms with Gasteiger partial charge in [-0.05, 0) is 50.1 Å². The van der Waals surface area contributed by atoms with Crippen molar-refractivity contribution in [1.82, 2.24) is 4.90 Å². The molecule has 1 saturated carbocycles. The Morgan fingerprint density at radius 3 is 3.00 bits per heavy atom. The van der Waals surface area contributed by atoms with Gasteiger partial charge in [0.15, 0.2) is 0 Å². The van der Waals surface area contributed by atoms with E-state index in [1.807, 2.05) is 30.2 Å². The van der Waals surface area contributed by atoms with E-state index in [4.69, 9.17) is 0 Å². The molecule has 1 saturated heterocycles. The van der Waals surface area contributed by atoms with Crippen molar-refractivity contribution in [2.45, 2.75) is 49.5 Å². The average molecular weight is 334 g/mol. The Balaban J connectivity index is 1.67. The number of piperidine rings is 1. The second-order valence-electron chi connectivity index (χ2n) is 6.81. The van der Waals surface area contributed by atoms with Gasteiger partial charge in [-0.2, -0.15) is 0 Å². The Bertz CT molecular complexity index is 592. The Morgan fingerprint density at radius 1 is 1.39 bits per heavy atom. The molecule has 23 heavy (non-hydrogen) atoms. The van der Waals surface area contributed by atoms with Crippen LogP contribution in [0.4, 0.5) is 10.5 Å². The molecule has 0 radical (unpaired) electrons. The van der Waals surface area contributed by atoms with E-state index >= 15 is 0 Å². The molecule has 4 nitrogen and oxygen atoms in total. The molecule has 2 amide bonds. The van der Waals surface area contributed by atoms with Crippen LogP contribution in [0.5, 0.6) is 0 Å². The second-order valence-corrected chi connectivity index (χ2v) is 7.65. The highest BCUT2D eigenvalue weighted by Crippen LogP contribution is 2.40. The molecule has 126 valence electrons. The van der Waals surface area contributed by atoms with E-state index in [0.29, 0.717) is 19.5 Å². The summed E-state index contributed by atoms with van der Waals surface area (Å²) < 4.78 is 0. The number of thioether (sulfide) groups is 1. The van der Waals surface area contributed by atoms with Crippen LogP contribution < -0.4 is 5.32 Å². The Labute approximate surface area is 142 Å². The first kappa shape index (κ1) is 16.7. The molecule has 0 aromatic heterocycles. The zero-order valence-electron chi connectivity index (χ0n) is 14.0. The second kappa shape index (κ2) is 6.73. The normalized spacial score (nSPS) is 27.4. The zero-order valence-corrected chi connectivity index (χ0v) is 14.8. The quantitative estimate of drug-likeness (QED) is 0.807. The lowest BCUT2D eigenvalue weighted by Gasteiger charge is -2.47. The van der Waals surface area contributed by atoms with Crippen LogP contribution in [0.1, 0.15) is 37.7 Å². The van der Waals surface area contributed by atoms with Crippen LogP contribution in [-0.2, 0) is 0 Å². The van der Waals surface area contributed by atoms with Crippen molar-refractivity contribution in [3.8, 4) is 0 Å². The number of rotatable bonds is 2. The number of fused-ring (bicyclic) bond motifs is 1. The minimum Gasteiger partial charge on any atom is -0.389 e. The smallest absolute Gasteiger partial charge is 0.321 e. The van der Waals surface area contributed by atoms with Crippen molar-refractivity contribution in [2.75, 3.05) is 24.7 Å². The highest BCUT2D eigenvalue weighted by atomic mass is 32.2. The number of carbonyl (C=O) groups is 1. The van der Waals surface area contributed by atoms with Gasteiger partial charge in [0.05, 0.1) is 5.60 Å². The van der Waals surface area contributed by atoms with Gasteiger partial charge in [-0.1, -0.05) is 18.9 Å². The molecule has 2 fully saturated rings.